The fourth-order valence-corrected chi connectivity index (χ4v) is 3.94. The third kappa shape index (κ3) is 3.54. The van der Waals surface area contributed by atoms with Crippen LogP contribution in [0, 0.1) is 5.82 Å². The monoisotopic (exact) mass is 437 g/mol. The van der Waals surface area contributed by atoms with Crippen LogP contribution >= 0.6 is 0 Å². The molecule has 3 aromatic rings. The zero-order chi connectivity index (χ0) is 21.8. The van der Waals surface area contributed by atoms with Crippen molar-refractivity contribution in [1.82, 2.24) is 29.9 Å². The second kappa shape index (κ2) is 7.29. The predicted molar refractivity (Wildman–Crippen MR) is 103 cm³/mol. The summed E-state index contributed by atoms with van der Waals surface area (Å²) in [5, 5.41) is 10.2. The number of hydrogen-bond acceptors (Lipinski definition) is 7. The van der Waals surface area contributed by atoms with E-state index in [0.717, 1.165) is 6.20 Å². The number of aromatic nitrogens is 5. The molecular weight excluding hydrogens is 418 g/mol. The van der Waals surface area contributed by atoms with Gasteiger partial charge in [-0.05, 0) is 0 Å². The Labute approximate surface area is 174 Å². The average molecular weight is 437 g/mol. The maximum atomic E-state index is 14.6. The minimum absolute atomic E-state index is 0.0649. The average Bonchev–Trinajstić information content (AvgIpc) is 3.32. The van der Waals surface area contributed by atoms with Gasteiger partial charge in [0.1, 0.15) is 29.0 Å². The lowest BCUT2D eigenvalue weighted by molar-refractivity contribution is -0.0881. The van der Waals surface area contributed by atoms with Crippen LogP contribution in [-0.4, -0.2) is 62.9 Å². The maximum absolute atomic E-state index is 14.6. The smallest absolute Gasteiger partial charge is 0.249 e. The molecule has 0 bridgehead atoms. The molecule has 5 rings (SSSR count). The summed E-state index contributed by atoms with van der Waals surface area (Å²) >= 11 is 0. The molecule has 2 aliphatic rings. The van der Waals surface area contributed by atoms with E-state index in [-0.39, 0.29) is 36.7 Å². The van der Waals surface area contributed by atoms with Crippen LogP contribution in [0.2, 0.25) is 0 Å². The maximum Gasteiger partial charge on any atom is 0.249 e. The molecule has 2 N–H and O–H groups in total. The van der Waals surface area contributed by atoms with E-state index >= 15 is 0 Å². The van der Waals surface area contributed by atoms with Gasteiger partial charge in [-0.25, -0.2) is 37.0 Å². The Hall–Kier alpha value is -3.02. The lowest BCUT2D eigenvalue weighted by Gasteiger charge is -2.34. The van der Waals surface area contributed by atoms with Crippen LogP contribution < -0.4 is 15.4 Å². The summed E-state index contributed by atoms with van der Waals surface area (Å²) in [6, 6.07) is 1.04. The van der Waals surface area contributed by atoms with Gasteiger partial charge in [0.2, 0.25) is 11.9 Å². The number of methoxy groups -OCH3 is 1. The van der Waals surface area contributed by atoms with Gasteiger partial charge in [-0.2, -0.15) is 5.10 Å². The predicted octanol–water partition coefficient (Wildman–Crippen LogP) is 2.57. The van der Waals surface area contributed by atoms with Gasteiger partial charge in [-0.15, -0.1) is 0 Å². The normalized spacial score (nSPS) is 23.1. The molecule has 2 unspecified atom stereocenters. The quantitative estimate of drug-likeness (QED) is 0.593. The molecule has 12 heteroatoms. The number of anilines is 1. The second-order valence-corrected chi connectivity index (χ2v) is 7.79. The van der Waals surface area contributed by atoms with Crippen molar-refractivity contribution in [2.75, 3.05) is 25.5 Å². The molecule has 1 aliphatic heterocycles. The van der Waals surface area contributed by atoms with Gasteiger partial charge in [-0.3, -0.25) is 0 Å². The molecule has 1 aliphatic carbocycles. The van der Waals surface area contributed by atoms with Crippen molar-refractivity contribution in [1.29, 1.82) is 0 Å². The van der Waals surface area contributed by atoms with Crippen LogP contribution in [0.5, 0.6) is 5.75 Å². The van der Waals surface area contributed by atoms with Gasteiger partial charge in [0, 0.05) is 37.9 Å². The van der Waals surface area contributed by atoms with E-state index in [1.807, 2.05) is 0 Å². The third-order valence-corrected chi connectivity index (χ3v) is 5.62. The van der Waals surface area contributed by atoms with Crippen molar-refractivity contribution >= 4 is 11.6 Å². The van der Waals surface area contributed by atoms with Gasteiger partial charge < -0.3 is 15.4 Å². The van der Waals surface area contributed by atoms with E-state index in [9.17, 15) is 17.6 Å². The highest BCUT2D eigenvalue weighted by molar-refractivity contribution is 5.62. The largest absolute Gasteiger partial charge is 0.495 e. The molecule has 4 heterocycles. The number of nitrogens with one attached hydrogen (secondary N) is 2. The van der Waals surface area contributed by atoms with Crippen LogP contribution in [0.4, 0.5) is 23.5 Å². The van der Waals surface area contributed by atoms with Crippen molar-refractivity contribution in [2.24, 2.45) is 0 Å². The molecule has 0 aromatic carbocycles. The zero-order valence-corrected chi connectivity index (χ0v) is 16.4. The fraction of sp³-hybridized carbons (Fsp3) is 0.474. The van der Waals surface area contributed by atoms with Crippen molar-refractivity contribution < 1.29 is 22.3 Å². The van der Waals surface area contributed by atoms with Crippen LogP contribution in [0.15, 0.2) is 18.5 Å². The first kappa shape index (κ1) is 19.9. The van der Waals surface area contributed by atoms with Gasteiger partial charge in [0.25, 0.3) is 0 Å². The number of fused-ring (bicyclic) bond motifs is 1. The SMILES string of the molecule is COc1cc2ncc(-c3nc(NC4CNCC4F)ncc3F)n2nc1C1CC(F)(F)C1. The Morgan fingerprint density at radius 3 is 2.71 bits per heavy atom. The van der Waals surface area contributed by atoms with Crippen molar-refractivity contribution in [3.05, 3.63) is 30.0 Å². The molecule has 164 valence electrons. The summed E-state index contributed by atoms with van der Waals surface area (Å²) in [5.41, 5.74) is 0.825. The first-order valence-electron chi connectivity index (χ1n) is 9.79. The molecule has 0 radical (unpaired) electrons. The Balaban J connectivity index is 1.53. The van der Waals surface area contributed by atoms with Crippen LogP contribution in [0.1, 0.15) is 24.5 Å². The summed E-state index contributed by atoms with van der Waals surface area (Å²) in [6.45, 7) is 0.608. The minimum atomic E-state index is -2.73. The summed E-state index contributed by atoms with van der Waals surface area (Å²) in [5.74, 6) is -3.52. The molecule has 3 aromatic heterocycles. The standard InChI is InChI=1S/C19H19F4N7O/c1-31-14-2-15-25-8-13(30(15)29-16(14)9-3-19(22,23)4-9)17-11(21)6-26-18(28-17)27-12-7-24-5-10(12)20/h2,6,8-10,12,24H,3-5,7H2,1H3,(H,26,27,28). The molecule has 2 fully saturated rings. The number of rotatable bonds is 5. The first-order chi connectivity index (χ1) is 14.8. The summed E-state index contributed by atoms with van der Waals surface area (Å²) in [6.07, 6.45) is 0.579. The first-order valence-corrected chi connectivity index (χ1v) is 9.79. The number of hydrogen-bond donors (Lipinski definition) is 2. The number of imidazole rings is 1. The zero-order valence-electron chi connectivity index (χ0n) is 16.4. The van der Waals surface area contributed by atoms with Gasteiger partial charge in [-0.1, -0.05) is 0 Å². The Bertz CT molecular complexity index is 1130. The lowest BCUT2D eigenvalue weighted by atomic mass is 9.79. The van der Waals surface area contributed by atoms with Gasteiger partial charge in [0.15, 0.2) is 11.5 Å². The van der Waals surface area contributed by atoms with Gasteiger partial charge in [0.05, 0.1) is 25.5 Å². The van der Waals surface area contributed by atoms with Crippen LogP contribution in [0.3, 0.4) is 0 Å². The molecule has 2 atom stereocenters. The highest BCUT2D eigenvalue weighted by Gasteiger charge is 2.48. The molecule has 0 spiro atoms. The van der Waals surface area contributed by atoms with E-state index in [1.54, 1.807) is 6.07 Å². The lowest BCUT2D eigenvalue weighted by Crippen LogP contribution is -2.34. The van der Waals surface area contributed by atoms with Crippen molar-refractivity contribution in [2.45, 2.75) is 36.9 Å². The molecule has 1 saturated heterocycles. The number of nitrogens with zero attached hydrogens (tertiary/aromatic N) is 5. The minimum Gasteiger partial charge on any atom is -0.495 e. The van der Waals surface area contributed by atoms with Crippen LogP contribution in [-0.2, 0) is 0 Å². The Morgan fingerprint density at radius 1 is 1.23 bits per heavy atom. The summed E-state index contributed by atoms with van der Waals surface area (Å²) in [7, 11) is 1.43. The van der Waals surface area contributed by atoms with E-state index in [2.05, 4.69) is 30.7 Å². The second-order valence-electron chi connectivity index (χ2n) is 7.79. The molecule has 1 saturated carbocycles. The summed E-state index contributed by atoms with van der Waals surface area (Å²) in [4.78, 5) is 12.3. The van der Waals surface area contributed by atoms with Crippen molar-refractivity contribution in [3.63, 3.8) is 0 Å². The van der Waals surface area contributed by atoms with E-state index in [0.29, 0.717) is 23.6 Å². The number of halogens is 4. The highest BCUT2D eigenvalue weighted by Crippen LogP contribution is 2.49. The molecule has 31 heavy (non-hydrogen) atoms. The van der Waals surface area contributed by atoms with E-state index in [4.69, 9.17) is 4.74 Å². The highest BCUT2D eigenvalue weighted by atomic mass is 19.3. The molecular formula is C19H19F4N7O. The topological polar surface area (TPSA) is 89.3 Å². The van der Waals surface area contributed by atoms with E-state index < -0.39 is 29.9 Å². The van der Waals surface area contributed by atoms with Crippen LogP contribution in [0.25, 0.3) is 17.0 Å². The number of ether oxygens (including phenoxy) is 1. The number of alkyl halides is 3. The van der Waals surface area contributed by atoms with Gasteiger partial charge >= 0.3 is 0 Å². The molecule has 8 nitrogen and oxygen atoms in total. The van der Waals surface area contributed by atoms with E-state index in [1.165, 1.54) is 17.8 Å². The van der Waals surface area contributed by atoms with Crippen molar-refractivity contribution in [3.8, 4) is 17.1 Å². The summed E-state index contributed by atoms with van der Waals surface area (Å²) < 4.78 is 61.9. The third-order valence-electron chi connectivity index (χ3n) is 5.62. The fourth-order valence-electron chi connectivity index (χ4n) is 3.94. The molecule has 0 amide bonds. The Kier molecular flexibility index (Phi) is 4.68. The Morgan fingerprint density at radius 2 is 2.03 bits per heavy atom.